The van der Waals surface area contributed by atoms with E-state index in [-0.39, 0.29) is 6.04 Å². The maximum Gasteiger partial charge on any atom is 0.0991 e. The molecule has 0 aromatic heterocycles. The normalized spacial score (nSPS) is 12.1. The second kappa shape index (κ2) is 6.18. The molecule has 1 atom stereocenters. The molecule has 0 fully saturated rings. The van der Waals surface area contributed by atoms with Crippen LogP contribution in [0.1, 0.15) is 36.4 Å². The predicted molar refractivity (Wildman–Crippen MR) is 61.0 cm³/mol. The first-order valence-corrected chi connectivity index (χ1v) is 5.23. The number of nitriles is 1. The fourth-order valence-electron chi connectivity index (χ4n) is 1.48. The first kappa shape index (κ1) is 11.7. The van der Waals surface area contributed by atoms with Crippen LogP contribution >= 0.6 is 0 Å². The number of hydrogen-bond donors (Lipinski definition) is 2. The van der Waals surface area contributed by atoms with E-state index in [1.54, 1.807) is 12.1 Å². The van der Waals surface area contributed by atoms with Gasteiger partial charge < -0.3 is 11.5 Å². The molecule has 0 amide bonds. The minimum atomic E-state index is 0.0595. The largest absolute Gasteiger partial charge is 0.330 e. The fraction of sp³-hybridized carbons (Fsp3) is 0.417. The van der Waals surface area contributed by atoms with Crippen molar-refractivity contribution in [1.82, 2.24) is 0 Å². The highest BCUT2D eigenvalue weighted by atomic mass is 14.6. The Labute approximate surface area is 90.7 Å². The first-order chi connectivity index (χ1) is 7.27. The van der Waals surface area contributed by atoms with E-state index in [1.165, 1.54) is 0 Å². The summed E-state index contributed by atoms with van der Waals surface area (Å²) in [7, 11) is 0. The topological polar surface area (TPSA) is 75.8 Å². The molecule has 0 saturated heterocycles. The summed E-state index contributed by atoms with van der Waals surface area (Å²) in [6, 6.07) is 9.60. The van der Waals surface area contributed by atoms with Crippen LogP contribution in [0.3, 0.4) is 0 Å². The van der Waals surface area contributed by atoms with Gasteiger partial charge in [-0.1, -0.05) is 18.6 Å². The van der Waals surface area contributed by atoms with E-state index >= 15 is 0 Å². The highest BCUT2D eigenvalue weighted by Gasteiger charge is 2.04. The molecular weight excluding hydrogens is 186 g/mol. The molecule has 3 nitrogen and oxygen atoms in total. The van der Waals surface area contributed by atoms with Gasteiger partial charge >= 0.3 is 0 Å². The number of nitrogens with two attached hydrogens (primary N) is 2. The molecule has 15 heavy (non-hydrogen) atoms. The van der Waals surface area contributed by atoms with Gasteiger partial charge in [0.2, 0.25) is 0 Å². The third-order valence-electron chi connectivity index (χ3n) is 2.44. The second-order valence-electron chi connectivity index (χ2n) is 3.62. The van der Waals surface area contributed by atoms with E-state index in [0.29, 0.717) is 5.56 Å². The van der Waals surface area contributed by atoms with Gasteiger partial charge in [-0.2, -0.15) is 5.26 Å². The zero-order valence-corrected chi connectivity index (χ0v) is 8.82. The Morgan fingerprint density at radius 3 is 2.40 bits per heavy atom. The lowest BCUT2D eigenvalue weighted by Gasteiger charge is -2.11. The second-order valence-corrected chi connectivity index (χ2v) is 3.62. The third kappa shape index (κ3) is 3.70. The molecule has 1 rings (SSSR count). The van der Waals surface area contributed by atoms with Crippen LogP contribution in [0.2, 0.25) is 0 Å². The van der Waals surface area contributed by atoms with Crippen molar-refractivity contribution in [2.45, 2.75) is 25.3 Å². The summed E-state index contributed by atoms with van der Waals surface area (Å²) in [5, 5.41) is 8.65. The van der Waals surface area contributed by atoms with Crippen molar-refractivity contribution >= 4 is 0 Å². The number of hydrogen-bond acceptors (Lipinski definition) is 3. The fourth-order valence-corrected chi connectivity index (χ4v) is 1.48. The summed E-state index contributed by atoms with van der Waals surface area (Å²) in [6.45, 7) is 0.722. The van der Waals surface area contributed by atoms with E-state index < -0.39 is 0 Å². The Bertz CT molecular complexity index is 324. The van der Waals surface area contributed by atoms with Crippen molar-refractivity contribution in [2.75, 3.05) is 6.54 Å². The summed E-state index contributed by atoms with van der Waals surface area (Å²) >= 11 is 0. The maximum atomic E-state index is 8.65. The number of benzene rings is 1. The van der Waals surface area contributed by atoms with Gasteiger partial charge in [0.1, 0.15) is 0 Å². The molecule has 1 aromatic rings. The standard InChI is InChI=1S/C12H17N3/c13-8-2-1-3-12(15)11-6-4-10(9-14)5-7-11/h4-7,12H,1-3,8,13,15H2/t12-/m1/s1. The van der Waals surface area contributed by atoms with Crippen LogP contribution in [0.5, 0.6) is 0 Å². The minimum Gasteiger partial charge on any atom is -0.330 e. The van der Waals surface area contributed by atoms with E-state index in [0.717, 1.165) is 31.4 Å². The number of rotatable bonds is 5. The van der Waals surface area contributed by atoms with E-state index in [2.05, 4.69) is 6.07 Å². The van der Waals surface area contributed by atoms with Crippen LogP contribution in [0, 0.1) is 11.3 Å². The van der Waals surface area contributed by atoms with Gasteiger partial charge in [0.25, 0.3) is 0 Å². The minimum absolute atomic E-state index is 0.0595. The van der Waals surface area contributed by atoms with Crippen molar-refractivity contribution in [3.63, 3.8) is 0 Å². The molecule has 0 aliphatic rings. The Morgan fingerprint density at radius 1 is 1.20 bits per heavy atom. The van der Waals surface area contributed by atoms with Crippen molar-refractivity contribution in [3.8, 4) is 6.07 Å². The molecule has 4 N–H and O–H groups in total. The highest BCUT2D eigenvalue weighted by Crippen LogP contribution is 2.16. The molecule has 0 heterocycles. The lowest BCUT2D eigenvalue weighted by Crippen LogP contribution is -2.11. The molecule has 0 unspecified atom stereocenters. The van der Waals surface area contributed by atoms with Gasteiger partial charge in [-0.05, 0) is 37.1 Å². The zero-order valence-electron chi connectivity index (χ0n) is 8.82. The monoisotopic (exact) mass is 203 g/mol. The van der Waals surface area contributed by atoms with Crippen LogP contribution < -0.4 is 11.5 Å². The Kier molecular flexibility index (Phi) is 4.82. The quantitative estimate of drug-likeness (QED) is 0.715. The third-order valence-corrected chi connectivity index (χ3v) is 2.44. The molecule has 1 aromatic carbocycles. The molecule has 0 radical (unpaired) electrons. The summed E-state index contributed by atoms with van der Waals surface area (Å²) in [5.74, 6) is 0. The Morgan fingerprint density at radius 2 is 1.87 bits per heavy atom. The van der Waals surface area contributed by atoms with Crippen molar-refractivity contribution in [1.29, 1.82) is 5.26 Å². The number of unbranched alkanes of at least 4 members (excludes halogenated alkanes) is 1. The predicted octanol–water partition coefficient (Wildman–Crippen LogP) is 1.69. The van der Waals surface area contributed by atoms with Crippen LogP contribution in [-0.4, -0.2) is 6.54 Å². The van der Waals surface area contributed by atoms with Crippen molar-refractivity contribution < 1.29 is 0 Å². The van der Waals surface area contributed by atoms with Gasteiger partial charge in [0, 0.05) is 6.04 Å². The molecular formula is C12H17N3. The average Bonchev–Trinajstić information content (AvgIpc) is 2.29. The lowest BCUT2D eigenvalue weighted by molar-refractivity contribution is 0.591. The average molecular weight is 203 g/mol. The van der Waals surface area contributed by atoms with E-state index in [1.807, 2.05) is 12.1 Å². The SMILES string of the molecule is N#Cc1ccc([C@H](N)CCCCN)cc1. The molecule has 3 heteroatoms. The molecule has 0 aliphatic heterocycles. The van der Waals surface area contributed by atoms with Crippen molar-refractivity contribution in [3.05, 3.63) is 35.4 Å². The van der Waals surface area contributed by atoms with Crippen LogP contribution in [-0.2, 0) is 0 Å². The maximum absolute atomic E-state index is 8.65. The molecule has 0 aliphatic carbocycles. The summed E-state index contributed by atoms with van der Waals surface area (Å²) in [5.41, 5.74) is 13.2. The van der Waals surface area contributed by atoms with Crippen molar-refractivity contribution in [2.24, 2.45) is 11.5 Å². The Hall–Kier alpha value is -1.37. The lowest BCUT2D eigenvalue weighted by atomic mass is 10.0. The molecule has 0 spiro atoms. The van der Waals surface area contributed by atoms with Gasteiger partial charge in [-0.15, -0.1) is 0 Å². The van der Waals surface area contributed by atoms with Crippen LogP contribution in [0.25, 0.3) is 0 Å². The van der Waals surface area contributed by atoms with Crippen LogP contribution in [0.15, 0.2) is 24.3 Å². The zero-order chi connectivity index (χ0) is 11.1. The number of nitrogens with zero attached hydrogens (tertiary/aromatic N) is 1. The molecule has 0 saturated carbocycles. The van der Waals surface area contributed by atoms with E-state index in [9.17, 15) is 0 Å². The first-order valence-electron chi connectivity index (χ1n) is 5.23. The smallest absolute Gasteiger partial charge is 0.0991 e. The summed E-state index contributed by atoms with van der Waals surface area (Å²) in [6.07, 6.45) is 3.02. The Balaban J connectivity index is 2.51. The van der Waals surface area contributed by atoms with Gasteiger partial charge in [-0.3, -0.25) is 0 Å². The van der Waals surface area contributed by atoms with Gasteiger partial charge in [0.05, 0.1) is 11.6 Å². The summed E-state index contributed by atoms with van der Waals surface area (Å²) < 4.78 is 0. The highest BCUT2D eigenvalue weighted by molar-refractivity contribution is 5.32. The van der Waals surface area contributed by atoms with Gasteiger partial charge in [-0.25, -0.2) is 0 Å². The summed E-state index contributed by atoms with van der Waals surface area (Å²) in [4.78, 5) is 0. The van der Waals surface area contributed by atoms with Crippen LogP contribution in [0.4, 0.5) is 0 Å². The van der Waals surface area contributed by atoms with E-state index in [4.69, 9.17) is 16.7 Å². The molecule has 80 valence electrons. The van der Waals surface area contributed by atoms with Gasteiger partial charge in [0.15, 0.2) is 0 Å². The molecule has 0 bridgehead atoms.